The van der Waals surface area contributed by atoms with Crippen molar-refractivity contribution in [1.82, 2.24) is 15.2 Å². The monoisotopic (exact) mass is 325 g/mol. The molecule has 1 aromatic carbocycles. The largest absolute Gasteiger partial charge is 0.464 e. The van der Waals surface area contributed by atoms with Crippen LogP contribution in [0.4, 0.5) is 0 Å². The number of hydrogen-bond acceptors (Lipinski definition) is 5. The number of rotatable bonds is 4. The van der Waals surface area contributed by atoms with Gasteiger partial charge in [-0.15, -0.1) is 11.8 Å². The van der Waals surface area contributed by atoms with Crippen molar-refractivity contribution in [2.75, 3.05) is 13.4 Å². The van der Waals surface area contributed by atoms with Crippen LogP contribution in [0, 0.1) is 0 Å². The molecule has 5 nitrogen and oxygen atoms in total. The first-order chi connectivity index (χ1) is 11.2. The molecule has 3 aromatic rings. The van der Waals surface area contributed by atoms with Crippen LogP contribution in [0.2, 0.25) is 0 Å². The topological polar surface area (TPSA) is 67.9 Å². The van der Waals surface area contributed by atoms with Crippen LogP contribution >= 0.6 is 11.8 Å². The van der Waals surface area contributed by atoms with Crippen LogP contribution < -0.4 is 0 Å². The molecule has 0 fully saturated rings. The van der Waals surface area contributed by atoms with E-state index in [2.05, 4.69) is 15.2 Å². The molecule has 116 valence electrons. The van der Waals surface area contributed by atoms with Crippen LogP contribution in [0.25, 0.3) is 22.5 Å². The highest BCUT2D eigenvalue weighted by Crippen LogP contribution is 2.33. The maximum absolute atomic E-state index is 12.0. The molecule has 0 radical (unpaired) electrons. The van der Waals surface area contributed by atoms with E-state index in [0.29, 0.717) is 22.6 Å². The standard InChI is InChI=1S/C17H15N3O2S/c1-22-17(21)16-14(13-5-3-4-10-18-13)15(19-20-16)11-6-8-12(23-2)9-7-11/h3-10H,1-2H3,(H,19,20). The Hall–Kier alpha value is -2.60. The minimum Gasteiger partial charge on any atom is -0.464 e. The molecular formula is C17H15N3O2S. The first-order valence-corrected chi connectivity index (χ1v) is 8.19. The Labute approximate surface area is 138 Å². The van der Waals surface area contributed by atoms with Crippen molar-refractivity contribution in [3.63, 3.8) is 0 Å². The molecule has 0 aliphatic carbocycles. The van der Waals surface area contributed by atoms with Gasteiger partial charge in [0, 0.05) is 16.7 Å². The summed E-state index contributed by atoms with van der Waals surface area (Å²) >= 11 is 1.67. The summed E-state index contributed by atoms with van der Waals surface area (Å²) < 4.78 is 4.84. The van der Waals surface area contributed by atoms with Crippen molar-refractivity contribution in [2.24, 2.45) is 0 Å². The number of benzene rings is 1. The molecule has 0 aliphatic rings. The van der Waals surface area contributed by atoms with E-state index in [1.807, 2.05) is 48.7 Å². The molecule has 0 unspecified atom stereocenters. The Morgan fingerprint density at radius 1 is 1.17 bits per heavy atom. The van der Waals surface area contributed by atoms with Crippen LogP contribution in [-0.4, -0.2) is 34.5 Å². The Kier molecular flexibility index (Phi) is 4.43. The number of thioether (sulfide) groups is 1. The Balaban J connectivity index is 2.17. The van der Waals surface area contributed by atoms with Crippen molar-refractivity contribution in [1.29, 1.82) is 0 Å². The molecule has 0 spiro atoms. The van der Waals surface area contributed by atoms with E-state index in [4.69, 9.17) is 4.74 Å². The Bertz CT molecular complexity index is 814. The van der Waals surface area contributed by atoms with Crippen LogP contribution in [0.15, 0.2) is 53.6 Å². The number of nitrogens with zero attached hydrogens (tertiary/aromatic N) is 2. The molecule has 0 bridgehead atoms. The quantitative estimate of drug-likeness (QED) is 0.586. The number of hydrogen-bond donors (Lipinski definition) is 1. The van der Waals surface area contributed by atoms with Gasteiger partial charge in [-0.1, -0.05) is 18.2 Å². The molecule has 0 amide bonds. The van der Waals surface area contributed by atoms with Gasteiger partial charge in [0.15, 0.2) is 5.69 Å². The Morgan fingerprint density at radius 2 is 1.96 bits per heavy atom. The molecule has 1 N–H and O–H groups in total. The lowest BCUT2D eigenvalue weighted by Crippen LogP contribution is -2.04. The highest BCUT2D eigenvalue weighted by molar-refractivity contribution is 7.98. The van der Waals surface area contributed by atoms with Gasteiger partial charge in [-0.3, -0.25) is 10.1 Å². The predicted molar refractivity (Wildman–Crippen MR) is 90.4 cm³/mol. The summed E-state index contributed by atoms with van der Waals surface area (Å²) in [5, 5.41) is 7.10. The molecule has 0 atom stereocenters. The first-order valence-electron chi connectivity index (χ1n) is 6.97. The Morgan fingerprint density at radius 3 is 2.57 bits per heavy atom. The lowest BCUT2D eigenvalue weighted by Gasteiger charge is -2.05. The second-order valence-electron chi connectivity index (χ2n) is 4.76. The number of H-pyrrole nitrogens is 1. The van der Waals surface area contributed by atoms with Gasteiger partial charge < -0.3 is 4.74 Å². The lowest BCUT2D eigenvalue weighted by atomic mass is 10.0. The average molecular weight is 325 g/mol. The van der Waals surface area contributed by atoms with E-state index in [0.717, 1.165) is 10.5 Å². The third kappa shape index (κ3) is 2.98. The van der Waals surface area contributed by atoms with Crippen molar-refractivity contribution >= 4 is 17.7 Å². The highest BCUT2D eigenvalue weighted by atomic mass is 32.2. The fourth-order valence-electron chi connectivity index (χ4n) is 2.31. The zero-order valence-electron chi connectivity index (χ0n) is 12.7. The molecule has 6 heteroatoms. The van der Waals surface area contributed by atoms with Gasteiger partial charge in [0.25, 0.3) is 0 Å². The molecule has 2 aromatic heterocycles. The minimum atomic E-state index is -0.467. The molecule has 0 saturated carbocycles. The van der Waals surface area contributed by atoms with Crippen LogP contribution in [0.3, 0.4) is 0 Å². The van der Waals surface area contributed by atoms with E-state index in [1.165, 1.54) is 7.11 Å². The fourth-order valence-corrected chi connectivity index (χ4v) is 2.72. The van der Waals surface area contributed by atoms with Gasteiger partial charge in [0.1, 0.15) is 5.69 Å². The second-order valence-corrected chi connectivity index (χ2v) is 5.64. The summed E-state index contributed by atoms with van der Waals surface area (Å²) in [7, 11) is 1.35. The zero-order valence-corrected chi connectivity index (χ0v) is 13.6. The number of carbonyl (C=O) groups excluding carboxylic acids is 1. The number of methoxy groups -OCH3 is 1. The number of esters is 1. The molecular weight excluding hydrogens is 310 g/mol. The summed E-state index contributed by atoms with van der Waals surface area (Å²) in [5.41, 5.74) is 3.21. The summed E-state index contributed by atoms with van der Waals surface area (Å²) in [4.78, 5) is 17.5. The van der Waals surface area contributed by atoms with Gasteiger partial charge in [0.05, 0.1) is 18.4 Å². The summed E-state index contributed by atoms with van der Waals surface area (Å²) in [6.45, 7) is 0. The predicted octanol–water partition coefficient (Wildman–Crippen LogP) is 3.65. The number of aromatic nitrogens is 3. The highest BCUT2D eigenvalue weighted by Gasteiger charge is 2.22. The van der Waals surface area contributed by atoms with Gasteiger partial charge in [-0.05, 0) is 30.5 Å². The zero-order chi connectivity index (χ0) is 16.2. The van der Waals surface area contributed by atoms with Crippen LogP contribution in [-0.2, 0) is 4.74 Å². The smallest absolute Gasteiger partial charge is 0.356 e. The van der Waals surface area contributed by atoms with Crippen molar-refractivity contribution in [3.05, 3.63) is 54.4 Å². The number of pyridine rings is 1. The van der Waals surface area contributed by atoms with Gasteiger partial charge >= 0.3 is 5.97 Å². The van der Waals surface area contributed by atoms with E-state index in [9.17, 15) is 4.79 Å². The SMILES string of the molecule is COC(=O)c1[nH]nc(-c2ccc(SC)cc2)c1-c1ccccn1. The lowest BCUT2D eigenvalue weighted by molar-refractivity contribution is 0.0595. The van der Waals surface area contributed by atoms with Gasteiger partial charge in [0.2, 0.25) is 0 Å². The van der Waals surface area contributed by atoms with Gasteiger partial charge in [-0.2, -0.15) is 5.10 Å². The maximum atomic E-state index is 12.0. The number of ether oxygens (including phenoxy) is 1. The third-order valence-corrected chi connectivity index (χ3v) is 4.18. The van der Waals surface area contributed by atoms with Crippen molar-refractivity contribution < 1.29 is 9.53 Å². The first kappa shape index (κ1) is 15.3. The number of aromatic amines is 1. The third-order valence-electron chi connectivity index (χ3n) is 3.44. The van der Waals surface area contributed by atoms with Crippen molar-refractivity contribution in [3.8, 4) is 22.5 Å². The number of carbonyl (C=O) groups is 1. The van der Waals surface area contributed by atoms with Crippen LogP contribution in [0.1, 0.15) is 10.5 Å². The van der Waals surface area contributed by atoms with Crippen LogP contribution in [0.5, 0.6) is 0 Å². The minimum absolute atomic E-state index is 0.301. The van der Waals surface area contributed by atoms with E-state index >= 15 is 0 Å². The summed E-state index contributed by atoms with van der Waals surface area (Å²) in [6, 6.07) is 13.6. The van der Waals surface area contributed by atoms with E-state index in [-0.39, 0.29) is 0 Å². The van der Waals surface area contributed by atoms with Gasteiger partial charge in [-0.25, -0.2) is 4.79 Å². The molecule has 3 rings (SSSR count). The average Bonchev–Trinajstić information content (AvgIpc) is 3.07. The van der Waals surface area contributed by atoms with E-state index < -0.39 is 5.97 Å². The number of nitrogens with one attached hydrogen (secondary N) is 1. The maximum Gasteiger partial charge on any atom is 0.356 e. The fraction of sp³-hybridized carbons (Fsp3) is 0.118. The molecule has 0 aliphatic heterocycles. The molecule has 2 heterocycles. The van der Waals surface area contributed by atoms with Crippen molar-refractivity contribution in [2.45, 2.75) is 4.90 Å². The molecule has 0 saturated heterocycles. The van der Waals surface area contributed by atoms with E-state index in [1.54, 1.807) is 18.0 Å². The second kappa shape index (κ2) is 6.66. The molecule has 23 heavy (non-hydrogen) atoms. The summed E-state index contributed by atoms with van der Waals surface area (Å²) in [6.07, 6.45) is 3.71. The summed E-state index contributed by atoms with van der Waals surface area (Å²) in [5.74, 6) is -0.467. The normalized spacial score (nSPS) is 10.5.